The van der Waals surface area contributed by atoms with Gasteiger partial charge in [-0.2, -0.15) is 0 Å². The summed E-state index contributed by atoms with van der Waals surface area (Å²) in [5.41, 5.74) is -2.80. The second kappa shape index (κ2) is 39.9. The van der Waals surface area contributed by atoms with Gasteiger partial charge in [0.25, 0.3) is 0 Å². The second-order valence-corrected chi connectivity index (χ2v) is 26.2. The molecule has 0 N–H and O–H groups in total. The fourth-order valence-corrected chi connectivity index (χ4v) is 9.31. The normalized spacial score (nSPS) is 13.3. The number of rotatable bonds is 16. The van der Waals surface area contributed by atoms with Crippen LogP contribution in [0.25, 0.3) is 0 Å². The van der Waals surface area contributed by atoms with Crippen LogP contribution in [-0.4, -0.2) is 82.2 Å². The number of benzene rings is 4. The molecule has 0 aliphatic carbocycles. The molecule has 0 fully saturated rings. The van der Waals surface area contributed by atoms with Crippen molar-refractivity contribution in [2.75, 3.05) is 0 Å². The zero-order chi connectivity index (χ0) is 62.7. The molecule has 4 unspecified atom stereocenters. The zero-order valence-corrected chi connectivity index (χ0v) is 63.1. The van der Waals surface area contributed by atoms with Crippen molar-refractivity contribution >= 4 is 69.5 Å². The minimum atomic E-state index is -1.71. The molecule has 8 rings (SSSR count). The number of hydrogen-bond donors (Lipinski definition) is 0. The van der Waals surface area contributed by atoms with Gasteiger partial charge in [-0.05, 0) is 0 Å². The van der Waals surface area contributed by atoms with Gasteiger partial charge >= 0.3 is 545 Å². The second-order valence-electron chi connectivity index (χ2n) is 21.9. The maximum Gasteiger partial charge on any atom is -1.00 e. The summed E-state index contributed by atoms with van der Waals surface area (Å²) < 4.78 is 21.1. The molecule has 92 heavy (non-hydrogen) atoms. The quantitative estimate of drug-likeness (QED) is 0.0819. The zero-order valence-electron chi connectivity index (χ0n) is 50.2. The van der Waals surface area contributed by atoms with Gasteiger partial charge in [0.15, 0.2) is 0 Å². The molecule has 0 amide bonds. The Labute approximate surface area is 637 Å². The Morgan fingerprint density at radius 1 is 0.304 bits per heavy atom. The van der Waals surface area contributed by atoms with Crippen molar-refractivity contribution in [3.63, 3.8) is 0 Å². The molecule has 0 spiro atoms. The summed E-state index contributed by atoms with van der Waals surface area (Å²) in [6, 6.07) is 26.4. The van der Waals surface area contributed by atoms with Gasteiger partial charge in [0.05, 0.1) is 0 Å². The molecule has 0 bridgehead atoms. The van der Waals surface area contributed by atoms with Gasteiger partial charge < -0.3 is 99.3 Å². The maximum atomic E-state index is 12.7. The third-order valence-electron chi connectivity index (χ3n) is 10.8. The number of ketones is 4. The Hall–Kier alpha value is -3.12. The molecule has 0 radical (unpaired) electrons. The van der Waals surface area contributed by atoms with Crippen LogP contribution in [0.5, 0.6) is 23.0 Å². The van der Waals surface area contributed by atoms with E-state index in [1.807, 2.05) is 0 Å². The van der Waals surface area contributed by atoms with Crippen molar-refractivity contribution in [1.29, 1.82) is 0 Å². The minimum Gasteiger partial charge on any atom is -1.00 e. The first-order valence-electron chi connectivity index (χ1n) is 24.9. The molecule has 0 saturated carbocycles. The summed E-state index contributed by atoms with van der Waals surface area (Å²) in [6.45, 7) is 21.3. The fraction of sp³-hybridized carbons (Fsp3) is 0.357. The summed E-state index contributed by atoms with van der Waals surface area (Å²) >= 11 is 46.0. The van der Waals surface area contributed by atoms with Crippen LogP contribution in [0.2, 0.25) is 20.1 Å². The van der Waals surface area contributed by atoms with Crippen LogP contribution >= 0.6 is 46.4 Å². The van der Waals surface area contributed by atoms with E-state index in [9.17, 15) is 19.2 Å². The molecular weight excluding hydrogens is 1650 g/mol. The molecule has 0 aliphatic rings. The SMILES string of the molecule is CC(C)(C)C(=O)[C]([Cu+2])(Oc1ccc(Cl)cc1)n1cncn1.CC(C)(C)C(=O)[C]([Cu+2])(Oc1ccc(Cl)cc1)n1cncn1.CC(C)(C)C(=O)[C]([Cu+2])(Oc1ccc(Cl)cc1)n1cncn1.CC(C)(C)C(=O)[C]([Cu+2])(Oc1ccc(Cl)cc1)n1cncn1.[Cl-].[Cl-].[Cl-].[Cl-].[Cl-].[Cl-].[Cl-].[Cl-]. The van der Waals surface area contributed by atoms with Crippen molar-refractivity contribution in [3.8, 4) is 23.0 Å². The Morgan fingerprint density at radius 3 is 0.554 bits per heavy atom. The molecule has 4 aromatic heterocycles. The van der Waals surface area contributed by atoms with E-state index in [1.165, 1.54) is 69.3 Å². The average molecular weight is 1710 g/mol. The van der Waals surface area contributed by atoms with Gasteiger partial charge in [0.1, 0.15) is 0 Å². The molecule has 520 valence electrons. The predicted molar refractivity (Wildman–Crippen MR) is 298 cm³/mol. The van der Waals surface area contributed by atoms with E-state index in [2.05, 4.69) is 40.3 Å². The summed E-state index contributed by atoms with van der Waals surface area (Å²) in [4.78, 5) is 66.2. The van der Waals surface area contributed by atoms with Gasteiger partial charge in [-0.1, -0.05) is 0 Å². The summed E-state index contributed by atoms with van der Waals surface area (Å²) in [5, 5.41) is 18.1. The van der Waals surface area contributed by atoms with Gasteiger partial charge in [0.2, 0.25) is 0 Å². The first-order valence-corrected chi connectivity index (χ1v) is 28.3. The van der Waals surface area contributed by atoms with E-state index in [4.69, 9.17) is 129 Å². The summed E-state index contributed by atoms with van der Waals surface area (Å²) in [6.07, 6.45) is 10.7. The van der Waals surface area contributed by atoms with E-state index in [1.54, 1.807) is 180 Å². The number of ether oxygens (including phenoxy) is 4. The van der Waals surface area contributed by atoms with E-state index in [0.29, 0.717) is 43.1 Å². The van der Waals surface area contributed by atoms with Gasteiger partial charge in [-0.15, -0.1) is 0 Å². The Morgan fingerprint density at radius 2 is 0.446 bits per heavy atom. The van der Waals surface area contributed by atoms with Crippen LogP contribution in [0.15, 0.2) is 148 Å². The molecule has 36 heteroatoms. The first kappa shape index (κ1) is 95.3. The number of Topliss-reactive ketones (excluding diaryl/α,β-unsaturated/α-hetero) is 4. The monoisotopic (exact) mass is 1700 g/mol. The molecular formula is C56H60Cl12Cu4N12O8. The topological polar surface area (TPSA) is 228 Å². The van der Waals surface area contributed by atoms with E-state index in [-0.39, 0.29) is 122 Å². The molecule has 4 heterocycles. The van der Waals surface area contributed by atoms with Gasteiger partial charge in [0, 0.05) is 0 Å². The van der Waals surface area contributed by atoms with Crippen LogP contribution in [0.3, 0.4) is 0 Å². The summed E-state index contributed by atoms with van der Waals surface area (Å²) in [7, 11) is 0. The standard InChI is InChI=1S/4C14H15ClN3O2.8ClH.4Cu/c4*1-14(2,3)12(19)13(18-9-16-8-17-18)20-11-6-4-10(15)5-7-11;;;;;;;;;;;;/h4*4-9H,1-3H3;8*1H;;;;/q;;;;;;;;;;;;4*+2/p-8. The number of halogens is 12. The van der Waals surface area contributed by atoms with Crippen molar-refractivity contribution in [2.45, 2.75) is 102 Å². The van der Waals surface area contributed by atoms with E-state index >= 15 is 0 Å². The van der Waals surface area contributed by atoms with Crippen molar-refractivity contribution in [3.05, 3.63) is 168 Å². The number of carbonyl (C=O) groups is 4. The number of aromatic nitrogens is 12. The Bertz CT molecular complexity index is 2970. The molecule has 4 atom stereocenters. The van der Waals surface area contributed by atoms with Crippen LogP contribution in [0.1, 0.15) is 83.1 Å². The number of carbonyl (C=O) groups excluding carboxylic acids is 4. The average Bonchev–Trinajstić information content (AvgIpc) is 1.59. The number of nitrogens with zero attached hydrogens (tertiary/aromatic N) is 12. The molecule has 0 saturated heterocycles. The maximum absolute atomic E-state index is 12.7. The largest absolute Gasteiger partial charge is 1.00 e. The molecule has 20 nitrogen and oxygen atoms in total. The molecule has 8 aromatic rings. The summed E-state index contributed by atoms with van der Waals surface area (Å²) in [5.74, 6) is 0.527. The van der Waals surface area contributed by atoms with Crippen LogP contribution in [-0.2, 0) is 102 Å². The predicted octanol–water partition coefficient (Wildman–Crippen LogP) is -12.8. The first-order chi connectivity index (χ1) is 38.9. The fourth-order valence-electron chi connectivity index (χ4n) is 6.51. The van der Waals surface area contributed by atoms with Crippen molar-refractivity contribution in [1.82, 2.24) is 59.1 Å². The molecule has 4 aromatic carbocycles. The van der Waals surface area contributed by atoms with E-state index < -0.39 is 40.2 Å². The van der Waals surface area contributed by atoms with Crippen LogP contribution in [0.4, 0.5) is 0 Å². The number of hydrogen-bond acceptors (Lipinski definition) is 16. The van der Waals surface area contributed by atoms with Crippen molar-refractivity contribution in [2.24, 2.45) is 21.7 Å². The Kier molecular flexibility index (Phi) is 41.4. The smallest absolute Gasteiger partial charge is 1.00 e. The van der Waals surface area contributed by atoms with Crippen molar-refractivity contribution < 1.29 is 201 Å². The minimum absolute atomic E-state index is 0. The van der Waals surface area contributed by atoms with Crippen LogP contribution < -0.4 is 118 Å². The third kappa shape index (κ3) is 26.0. The third-order valence-corrected chi connectivity index (χ3v) is 13.9. The van der Waals surface area contributed by atoms with Gasteiger partial charge in [-0.3, -0.25) is 0 Å². The van der Waals surface area contributed by atoms with Gasteiger partial charge in [-0.25, -0.2) is 0 Å². The van der Waals surface area contributed by atoms with Crippen LogP contribution in [0, 0.1) is 21.7 Å². The molecule has 0 aliphatic heterocycles. The van der Waals surface area contributed by atoms with E-state index in [0.717, 1.165) is 0 Å². The Balaban J connectivity index is -0.000000545.